The van der Waals surface area contributed by atoms with E-state index >= 15 is 0 Å². The van der Waals surface area contributed by atoms with Crippen molar-refractivity contribution in [3.8, 4) is 0 Å². The van der Waals surface area contributed by atoms with E-state index in [1.807, 2.05) is 6.08 Å². The van der Waals surface area contributed by atoms with Gasteiger partial charge in [-0.2, -0.15) is 18.3 Å². The van der Waals surface area contributed by atoms with Crippen LogP contribution < -0.4 is 21.9 Å². The highest BCUT2D eigenvalue weighted by Gasteiger charge is 2.31. The number of nitrogens with zero attached hydrogens (tertiary/aromatic N) is 2. The van der Waals surface area contributed by atoms with Crippen LogP contribution in [0.5, 0.6) is 0 Å². The van der Waals surface area contributed by atoms with Crippen LogP contribution in [0.15, 0.2) is 41.3 Å². The molecule has 0 saturated heterocycles. The second-order valence-corrected chi connectivity index (χ2v) is 7.47. The summed E-state index contributed by atoms with van der Waals surface area (Å²) >= 11 is 0. The van der Waals surface area contributed by atoms with Crippen LogP contribution in [-0.2, 0) is 6.18 Å². The lowest BCUT2D eigenvalue weighted by Gasteiger charge is -2.19. The van der Waals surface area contributed by atoms with E-state index in [0.717, 1.165) is 30.7 Å². The lowest BCUT2D eigenvalue weighted by Crippen LogP contribution is -2.23. The van der Waals surface area contributed by atoms with Crippen LogP contribution in [0.1, 0.15) is 36.1 Å². The van der Waals surface area contributed by atoms with E-state index in [0.29, 0.717) is 34.4 Å². The molecule has 0 amide bonds. The number of benzene rings is 1. The number of nitrogens with one attached hydrogen (secondary N) is 3. The summed E-state index contributed by atoms with van der Waals surface area (Å²) < 4.78 is 39.5. The van der Waals surface area contributed by atoms with Gasteiger partial charge in [0.15, 0.2) is 5.82 Å². The lowest BCUT2D eigenvalue weighted by molar-refractivity contribution is -0.137. The molecule has 3 aromatic rings. The van der Waals surface area contributed by atoms with Gasteiger partial charge in [-0.05, 0) is 55.3 Å². The normalized spacial score (nSPS) is 15.5. The fourth-order valence-electron chi connectivity index (χ4n) is 3.63. The molecule has 31 heavy (non-hydrogen) atoms. The summed E-state index contributed by atoms with van der Waals surface area (Å²) in [5, 5.41) is 14.9. The summed E-state index contributed by atoms with van der Waals surface area (Å²) in [6.07, 6.45) is -0.374. The molecule has 0 saturated carbocycles. The Bertz CT molecular complexity index is 1220. The number of aromatic nitrogens is 3. The maximum Gasteiger partial charge on any atom is 0.416 e. The molecule has 1 aliphatic rings. The van der Waals surface area contributed by atoms with E-state index in [2.05, 4.69) is 25.8 Å². The Hall–Kier alpha value is -3.40. The Balaban J connectivity index is 1.72. The number of alkyl halides is 3. The zero-order chi connectivity index (χ0) is 22.2. The summed E-state index contributed by atoms with van der Waals surface area (Å²) in [5.41, 5.74) is 6.99. The molecule has 1 atom stereocenters. The van der Waals surface area contributed by atoms with Crippen molar-refractivity contribution < 1.29 is 13.2 Å². The molecule has 0 fully saturated rings. The minimum atomic E-state index is -4.50. The van der Waals surface area contributed by atoms with E-state index in [1.54, 1.807) is 13.0 Å². The number of hydrogen-bond donors (Lipinski definition) is 4. The zero-order valence-corrected chi connectivity index (χ0v) is 16.7. The third-order valence-corrected chi connectivity index (χ3v) is 5.24. The van der Waals surface area contributed by atoms with Crippen molar-refractivity contribution in [2.75, 3.05) is 24.1 Å². The summed E-state index contributed by atoms with van der Waals surface area (Å²) in [7, 11) is 0. The van der Waals surface area contributed by atoms with E-state index in [9.17, 15) is 18.0 Å². The van der Waals surface area contributed by atoms with E-state index < -0.39 is 17.8 Å². The van der Waals surface area contributed by atoms with Gasteiger partial charge in [0.1, 0.15) is 0 Å². The average Bonchev–Trinajstić information content (AvgIpc) is 2.73. The van der Waals surface area contributed by atoms with Crippen molar-refractivity contribution in [1.82, 2.24) is 20.5 Å². The molecule has 4 rings (SSSR count). The topological polar surface area (TPSA) is 109 Å². The zero-order valence-electron chi connectivity index (χ0n) is 16.7. The maximum absolute atomic E-state index is 13.2. The molecule has 7 nitrogen and oxygen atoms in total. The molecule has 10 heteroatoms. The number of nitrogen functional groups attached to an aromatic ring is 1. The highest BCUT2D eigenvalue weighted by atomic mass is 19.4. The van der Waals surface area contributed by atoms with Crippen LogP contribution in [0.25, 0.3) is 16.5 Å². The van der Waals surface area contributed by atoms with Crippen LogP contribution in [0, 0.1) is 0 Å². The monoisotopic (exact) mass is 430 g/mol. The molecule has 1 aromatic carbocycles. The van der Waals surface area contributed by atoms with Crippen molar-refractivity contribution in [1.29, 1.82) is 0 Å². The SMILES string of the molecule is C[C@@H](Nc1nncc2[nH]c(=O)c(C3=CCNCC3)cc12)c1cc(N)cc(C(F)(F)F)c1. The molecule has 1 aliphatic heterocycles. The Morgan fingerprint density at radius 3 is 2.74 bits per heavy atom. The van der Waals surface area contributed by atoms with Crippen molar-refractivity contribution >= 4 is 28.0 Å². The molecule has 2 aromatic heterocycles. The van der Waals surface area contributed by atoms with Gasteiger partial charge in [-0.25, -0.2) is 0 Å². The van der Waals surface area contributed by atoms with Gasteiger partial charge < -0.3 is 21.4 Å². The van der Waals surface area contributed by atoms with Crippen LogP contribution >= 0.6 is 0 Å². The van der Waals surface area contributed by atoms with Crippen LogP contribution in [0.4, 0.5) is 24.7 Å². The molecule has 0 radical (unpaired) electrons. The second kappa shape index (κ2) is 8.03. The summed E-state index contributed by atoms with van der Waals surface area (Å²) in [6, 6.07) is 4.64. The first-order valence-corrected chi connectivity index (χ1v) is 9.75. The van der Waals surface area contributed by atoms with Crippen molar-refractivity contribution in [2.24, 2.45) is 0 Å². The Labute approximate surface area is 175 Å². The molecule has 0 unspecified atom stereocenters. The van der Waals surface area contributed by atoms with E-state index in [-0.39, 0.29) is 11.2 Å². The molecule has 162 valence electrons. The Morgan fingerprint density at radius 2 is 2.03 bits per heavy atom. The number of hydrogen-bond acceptors (Lipinski definition) is 6. The molecule has 5 N–H and O–H groups in total. The number of aromatic amines is 1. The van der Waals surface area contributed by atoms with Crippen LogP contribution in [0.2, 0.25) is 0 Å². The van der Waals surface area contributed by atoms with Crippen molar-refractivity contribution in [3.63, 3.8) is 0 Å². The summed E-state index contributed by atoms with van der Waals surface area (Å²) in [4.78, 5) is 15.4. The maximum atomic E-state index is 13.2. The Morgan fingerprint density at radius 1 is 1.23 bits per heavy atom. The summed E-state index contributed by atoms with van der Waals surface area (Å²) in [5.74, 6) is 0.355. The quantitative estimate of drug-likeness (QED) is 0.472. The first kappa shape index (κ1) is 20.9. The number of pyridine rings is 1. The highest BCUT2D eigenvalue weighted by molar-refractivity contribution is 5.90. The Kier molecular flexibility index (Phi) is 5.40. The smallest absolute Gasteiger partial charge is 0.399 e. The van der Waals surface area contributed by atoms with Gasteiger partial charge in [-0.3, -0.25) is 4.79 Å². The lowest BCUT2D eigenvalue weighted by atomic mass is 10.00. The number of fused-ring (bicyclic) bond motifs is 1. The third kappa shape index (κ3) is 4.38. The average molecular weight is 430 g/mol. The predicted octanol–water partition coefficient (Wildman–Crippen LogP) is 3.47. The number of rotatable bonds is 4. The number of anilines is 2. The van der Waals surface area contributed by atoms with Crippen molar-refractivity contribution in [3.05, 3.63) is 63.6 Å². The van der Waals surface area contributed by atoms with Crippen molar-refractivity contribution in [2.45, 2.75) is 25.6 Å². The number of halogens is 3. The van der Waals surface area contributed by atoms with Gasteiger partial charge in [0.2, 0.25) is 0 Å². The van der Waals surface area contributed by atoms with Crippen LogP contribution in [-0.4, -0.2) is 28.3 Å². The van der Waals surface area contributed by atoms with E-state index in [1.165, 1.54) is 12.3 Å². The minimum Gasteiger partial charge on any atom is -0.399 e. The molecule has 3 heterocycles. The van der Waals surface area contributed by atoms with Crippen LogP contribution in [0.3, 0.4) is 0 Å². The van der Waals surface area contributed by atoms with E-state index in [4.69, 9.17) is 5.73 Å². The second-order valence-electron chi connectivity index (χ2n) is 7.47. The first-order valence-electron chi connectivity index (χ1n) is 9.75. The number of nitrogens with two attached hydrogens (primary N) is 1. The molecule has 0 aliphatic carbocycles. The molecular formula is C21H21F3N6O. The highest BCUT2D eigenvalue weighted by Crippen LogP contribution is 2.34. The first-order chi connectivity index (χ1) is 14.7. The molecule has 0 bridgehead atoms. The fourth-order valence-corrected chi connectivity index (χ4v) is 3.63. The molecule has 0 spiro atoms. The van der Waals surface area contributed by atoms with Gasteiger partial charge in [-0.1, -0.05) is 6.08 Å². The largest absolute Gasteiger partial charge is 0.416 e. The van der Waals surface area contributed by atoms with Gasteiger partial charge in [0, 0.05) is 23.2 Å². The third-order valence-electron chi connectivity index (χ3n) is 5.24. The predicted molar refractivity (Wildman–Crippen MR) is 114 cm³/mol. The van der Waals surface area contributed by atoms with Gasteiger partial charge >= 0.3 is 6.18 Å². The number of H-pyrrole nitrogens is 1. The fraction of sp³-hybridized carbons (Fsp3) is 0.286. The van der Waals surface area contributed by atoms with Gasteiger partial charge in [-0.15, -0.1) is 5.10 Å². The molecular weight excluding hydrogens is 409 g/mol. The standard InChI is InChI=1S/C21H21F3N6O/c1-11(13-6-14(21(22,23)24)8-15(25)7-13)28-19-17-9-16(12-2-4-26-5-3-12)20(31)29-18(17)10-27-30-19/h2,6-11,26H,3-5,25H2,1H3,(H,28,30)(H,29,31)/t11-/m1/s1. The summed E-state index contributed by atoms with van der Waals surface area (Å²) in [6.45, 7) is 3.16. The van der Waals surface area contributed by atoms with Gasteiger partial charge in [0.25, 0.3) is 5.56 Å². The minimum absolute atomic E-state index is 0.0203. The van der Waals surface area contributed by atoms with Gasteiger partial charge in [0.05, 0.1) is 23.3 Å².